The van der Waals surface area contributed by atoms with E-state index < -0.39 is 17.8 Å². The molecule has 0 radical (unpaired) electrons. The molecule has 2 aromatic carbocycles. The molecule has 152 valence electrons. The number of carbonyl (C=O) groups excluding carboxylic acids is 1. The Balaban J connectivity index is 1.62. The van der Waals surface area contributed by atoms with Crippen molar-refractivity contribution in [2.75, 3.05) is 11.1 Å². The molecule has 0 fully saturated rings. The number of hydrogen-bond donors (Lipinski definition) is 3. The molecule has 1 amide bonds. The predicted octanol–water partition coefficient (Wildman–Crippen LogP) is 3.68. The number of anilines is 2. The van der Waals surface area contributed by atoms with Crippen LogP contribution in [0.1, 0.15) is 11.7 Å². The first kappa shape index (κ1) is 19.8. The van der Waals surface area contributed by atoms with Gasteiger partial charge in [0.25, 0.3) is 5.91 Å². The Morgan fingerprint density at radius 3 is 2.77 bits per heavy atom. The number of benzene rings is 2. The third-order valence-corrected chi connectivity index (χ3v) is 5.04. The standard InChI is InChI=1S/C21H17ClFN5O2/c1-28-9-15(17-19(24)25-10-26-20(17)28)14-6-5-13(8-16(14)22)27-21(30)18(29)11-3-2-4-12(23)7-11/h2-10,18,29H,1H3,(H,27,30)(H2,24,25,26)/t18-/m0/s1. The summed E-state index contributed by atoms with van der Waals surface area (Å²) in [6.07, 6.45) is 1.73. The van der Waals surface area contributed by atoms with Gasteiger partial charge in [-0.2, -0.15) is 0 Å². The Morgan fingerprint density at radius 1 is 1.23 bits per heavy atom. The topological polar surface area (TPSA) is 106 Å². The number of aromatic nitrogens is 3. The van der Waals surface area contributed by atoms with Crippen LogP contribution in [-0.4, -0.2) is 25.5 Å². The Kier molecular flexibility index (Phi) is 5.11. The second-order valence-corrected chi connectivity index (χ2v) is 7.16. The molecule has 0 saturated heterocycles. The number of nitrogens with two attached hydrogens (primary N) is 1. The normalized spacial score (nSPS) is 12.1. The lowest BCUT2D eigenvalue weighted by Gasteiger charge is -2.13. The van der Waals surface area contributed by atoms with Crippen molar-refractivity contribution in [1.82, 2.24) is 14.5 Å². The largest absolute Gasteiger partial charge is 0.383 e. The lowest BCUT2D eigenvalue weighted by atomic mass is 10.1. The molecule has 0 bridgehead atoms. The van der Waals surface area contributed by atoms with E-state index in [1.807, 2.05) is 17.8 Å². The van der Waals surface area contributed by atoms with Gasteiger partial charge < -0.3 is 20.7 Å². The lowest BCUT2D eigenvalue weighted by molar-refractivity contribution is -0.124. The summed E-state index contributed by atoms with van der Waals surface area (Å²) in [4.78, 5) is 20.6. The van der Waals surface area contributed by atoms with Crippen LogP contribution in [0.3, 0.4) is 0 Å². The van der Waals surface area contributed by atoms with Gasteiger partial charge in [0.15, 0.2) is 6.10 Å². The van der Waals surface area contributed by atoms with Gasteiger partial charge in [-0.1, -0.05) is 29.8 Å². The van der Waals surface area contributed by atoms with Crippen LogP contribution in [-0.2, 0) is 11.8 Å². The molecule has 2 aromatic heterocycles. The van der Waals surface area contributed by atoms with Gasteiger partial charge in [-0.05, 0) is 29.8 Å². The maximum Gasteiger partial charge on any atom is 0.257 e. The zero-order valence-corrected chi connectivity index (χ0v) is 16.6. The molecule has 1 atom stereocenters. The highest BCUT2D eigenvalue weighted by Gasteiger charge is 2.19. The molecule has 0 aliphatic rings. The molecule has 4 rings (SSSR count). The fourth-order valence-electron chi connectivity index (χ4n) is 3.29. The van der Waals surface area contributed by atoms with Crippen molar-refractivity contribution in [3.8, 4) is 11.1 Å². The summed E-state index contributed by atoms with van der Waals surface area (Å²) in [7, 11) is 1.84. The second-order valence-electron chi connectivity index (χ2n) is 6.75. The van der Waals surface area contributed by atoms with Crippen molar-refractivity contribution >= 4 is 40.0 Å². The maximum absolute atomic E-state index is 13.3. The lowest BCUT2D eigenvalue weighted by Crippen LogP contribution is -2.20. The van der Waals surface area contributed by atoms with Gasteiger partial charge >= 0.3 is 0 Å². The van der Waals surface area contributed by atoms with Crippen molar-refractivity contribution in [3.63, 3.8) is 0 Å². The molecular weight excluding hydrogens is 409 g/mol. The Hall–Kier alpha value is -3.49. The van der Waals surface area contributed by atoms with E-state index in [4.69, 9.17) is 17.3 Å². The molecule has 0 spiro atoms. The summed E-state index contributed by atoms with van der Waals surface area (Å²) >= 11 is 6.47. The average Bonchev–Trinajstić information content (AvgIpc) is 3.05. The third kappa shape index (κ3) is 3.58. The first-order valence-electron chi connectivity index (χ1n) is 8.95. The van der Waals surface area contributed by atoms with Crippen LogP contribution < -0.4 is 11.1 Å². The smallest absolute Gasteiger partial charge is 0.257 e. The molecule has 4 N–H and O–H groups in total. The minimum absolute atomic E-state index is 0.154. The summed E-state index contributed by atoms with van der Waals surface area (Å²) in [6.45, 7) is 0. The van der Waals surface area contributed by atoms with E-state index in [0.29, 0.717) is 33.1 Å². The Labute approximate surface area is 175 Å². The summed E-state index contributed by atoms with van der Waals surface area (Å²) in [6, 6.07) is 10.2. The number of nitrogens with zero attached hydrogens (tertiary/aromatic N) is 3. The maximum atomic E-state index is 13.3. The highest BCUT2D eigenvalue weighted by Crippen LogP contribution is 2.37. The van der Waals surface area contributed by atoms with Crippen LogP contribution in [0.5, 0.6) is 0 Å². The molecule has 0 aliphatic carbocycles. The van der Waals surface area contributed by atoms with Gasteiger partial charge in [0.2, 0.25) is 0 Å². The van der Waals surface area contributed by atoms with E-state index in [9.17, 15) is 14.3 Å². The third-order valence-electron chi connectivity index (χ3n) is 4.72. The number of nitrogen functional groups attached to an aromatic ring is 1. The van der Waals surface area contributed by atoms with Gasteiger partial charge in [0, 0.05) is 30.1 Å². The summed E-state index contributed by atoms with van der Waals surface area (Å²) in [5.74, 6) is -0.903. The van der Waals surface area contributed by atoms with Gasteiger partial charge in [0.1, 0.15) is 23.6 Å². The number of nitrogens with one attached hydrogen (secondary N) is 1. The van der Waals surface area contributed by atoms with Crippen molar-refractivity contribution in [2.45, 2.75) is 6.10 Å². The van der Waals surface area contributed by atoms with E-state index in [2.05, 4.69) is 15.3 Å². The number of aliphatic hydroxyl groups excluding tert-OH is 1. The summed E-state index contributed by atoms with van der Waals surface area (Å²) in [5, 5.41) is 13.8. The van der Waals surface area contributed by atoms with Crippen molar-refractivity contribution in [2.24, 2.45) is 7.05 Å². The van der Waals surface area contributed by atoms with Crippen LogP contribution in [0, 0.1) is 5.82 Å². The monoisotopic (exact) mass is 425 g/mol. The average molecular weight is 426 g/mol. The van der Waals surface area contributed by atoms with Gasteiger partial charge in [-0.25, -0.2) is 14.4 Å². The predicted molar refractivity (Wildman–Crippen MR) is 113 cm³/mol. The van der Waals surface area contributed by atoms with E-state index in [0.717, 1.165) is 11.6 Å². The quantitative estimate of drug-likeness (QED) is 0.462. The molecule has 7 nitrogen and oxygen atoms in total. The first-order chi connectivity index (χ1) is 14.3. The van der Waals surface area contributed by atoms with Crippen LogP contribution in [0.2, 0.25) is 5.02 Å². The molecule has 0 saturated carbocycles. The van der Waals surface area contributed by atoms with E-state index in [1.54, 1.807) is 18.2 Å². The van der Waals surface area contributed by atoms with Crippen LogP contribution in [0.25, 0.3) is 22.2 Å². The number of carbonyl (C=O) groups is 1. The molecular formula is C21H17ClFN5O2. The molecule has 2 heterocycles. The van der Waals surface area contributed by atoms with E-state index in [-0.39, 0.29) is 5.56 Å². The van der Waals surface area contributed by atoms with Gasteiger partial charge in [-0.3, -0.25) is 4.79 Å². The number of fused-ring (bicyclic) bond motifs is 1. The van der Waals surface area contributed by atoms with Crippen LogP contribution >= 0.6 is 11.6 Å². The zero-order chi connectivity index (χ0) is 21.4. The van der Waals surface area contributed by atoms with E-state index in [1.165, 1.54) is 24.5 Å². The fourth-order valence-corrected chi connectivity index (χ4v) is 3.57. The van der Waals surface area contributed by atoms with Gasteiger partial charge in [0.05, 0.1) is 10.4 Å². The number of aliphatic hydroxyl groups is 1. The first-order valence-corrected chi connectivity index (χ1v) is 9.32. The minimum atomic E-state index is -1.52. The number of aryl methyl sites for hydroxylation is 1. The molecule has 0 aliphatic heterocycles. The fraction of sp³-hybridized carbons (Fsp3) is 0.0952. The summed E-state index contributed by atoms with van der Waals surface area (Å²) < 4.78 is 15.2. The van der Waals surface area contributed by atoms with Crippen LogP contribution in [0.15, 0.2) is 55.0 Å². The SMILES string of the molecule is Cn1cc(-c2ccc(NC(=O)[C@@H](O)c3cccc(F)c3)cc2Cl)c2c(N)ncnc21. The molecule has 0 unspecified atom stereocenters. The minimum Gasteiger partial charge on any atom is -0.383 e. The van der Waals surface area contributed by atoms with Crippen molar-refractivity contribution in [3.05, 3.63) is 71.4 Å². The zero-order valence-electron chi connectivity index (χ0n) is 15.8. The van der Waals surface area contributed by atoms with Gasteiger partial charge in [-0.15, -0.1) is 0 Å². The number of halogens is 2. The summed E-state index contributed by atoms with van der Waals surface area (Å²) in [5.41, 5.74) is 8.69. The highest BCUT2D eigenvalue weighted by molar-refractivity contribution is 6.34. The number of rotatable bonds is 4. The van der Waals surface area contributed by atoms with Crippen LogP contribution in [0.4, 0.5) is 15.9 Å². The Bertz CT molecular complexity index is 1270. The van der Waals surface area contributed by atoms with E-state index >= 15 is 0 Å². The van der Waals surface area contributed by atoms with Crippen molar-refractivity contribution in [1.29, 1.82) is 0 Å². The number of amides is 1. The molecule has 30 heavy (non-hydrogen) atoms. The highest BCUT2D eigenvalue weighted by atomic mass is 35.5. The number of hydrogen-bond acceptors (Lipinski definition) is 5. The Morgan fingerprint density at radius 2 is 2.03 bits per heavy atom. The van der Waals surface area contributed by atoms with Crippen molar-refractivity contribution < 1.29 is 14.3 Å². The molecule has 4 aromatic rings. The molecule has 9 heteroatoms. The second kappa shape index (κ2) is 7.74.